The maximum absolute atomic E-state index is 14.6. The molecule has 6 heteroatoms. The van der Waals surface area contributed by atoms with Crippen LogP contribution in [0.5, 0.6) is 0 Å². The Morgan fingerprint density at radius 1 is 1.11 bits per heavy atom. The average Bonchev–Trinajstić information content (AvgIpc) is 2.87. The third kappa shape index (κ3) is 4.22. The summed E-state index contributed by atoms with van der Waals surface area (Å²) in [4.78, 5) is 17.8. The molecule has 0 unspecified atom stereocenters. The van der Waals surface area contributed by atoms with Crippen LogP contribution in [-0.4, -0.2) is 4.98 Å². The van der Waals surface area contributed by atoms with Crippen molar-refractivity contribution in [3.8, 4) is 11.3 Å². The van der Waals surface area contributed by atoms with E-state index in [1.54, 1.807) is 43.6 Å². The zero-order chi connectivity index (χ0) is 25.4. The second kappa shape index (κ2) is 9.30. The van der Waals surface area contributed by atoms with Crippen molar-refractivity contribution < 1.29 is 8.81 Å². The number of allylic oxidation sites excluding steroid dienone is 3. The topological polar surface area (TPSA) is 67.2 Å². The number of hydrogen-bond donors (Lipinski definition) is 2. The molecule has 4 aromatic rings. The molecule has 2 N–H and O–H groups in total. The van der Waals surface area contributed by atoms with Gasteiger partial charge in [-0.1, -0.05) is 24.8 Å². The van der Waals surface area contributed by atoms with E-state index < -0.39 is 0 Å². The predicted molar refractivity (Wildman–Crippen MR) is 143 cm³/mol. The molecule has 180 valence electrons. The molecule has 0 bridgehead atoms. The van der Waals surface area contributed by atoms with Crippen LogP contribution in [0, 0.1) is 19.7 Å². The van der Waals surface area contributed by atoms with Crippen LogP contribution in [0.15, 0.2) is 94.6 Å². The van der Waals surface area contributed by atoms with Gasteiger partial charge in [0.25, 0.3) is 0 Å². The highest BCUT2D eigenvalue weighted by molar-refractivity contribution is 5.86. The number of aromatic nitrogens is 1. The Balaban J connectivity index is 1.62. The van der Waals surface area contributed by atoms with E-state index in [4.69, 9.17) is 4.42 Å². The fraction of sp³-hybridized carbons (Fsp3) is 0.133. The molecule has 0 aliphatic carbocycles. The number of aryl methyl sites for hydroxylation is 1. The highest BCUT2D eigenvalue weighted by Crippen LogP contribution is 2.34. The minimum atomic E-state index is -0.343. The Morgan fingerprint density at radius 2 is 1.92 bits per heavy atom. The summed E-state index contributed by atoms with van der Waals surface area (Å²) < 4.78 is 21.0. The molecule has 2 aromatic heterocycles. The van der Waals surface area contributed by atoms with Crippen LogP contribution in [0.1, 0.15) is 35.4 Å². The molecule has 1 atom stereocenters. The van der Waals surface area contributed by atoms with Gasteiger partial charge in [-0.3, -0.25) is 9.78 Å². The van der Waals surface area contributed by atoms with Gasteiger partial charge in [-0.2, -0.15) is 0 Å². The minimum Gasteiger partial charge on any atom is -0.455 e. The lowest BCUT2D eigenvalue weighted by molar-refractivity contribution is 0.574. The molecule has 1 aliphatic rings. The van der Waals surface area contributed by atoms with Crippen molar-refractivity contribution in [3.63, 3.8) is 0 Å². The highest BCUT2D eigenvalue weighted by Gasteiger charge is 2.21. The fourth-order valence-electron chi connectivity index (χ4n) is 4.46. The summed E-state index contributed by atoms with van der Waals surface area (Å²) in [6.45, 7) is 9.60. The van der Waals surface area contributed by atoms with Gasteiger partial charge in [0, 0.05) is 40.4 Å². The van der Waals surface area contributed by atoms with Crippen LogP contribution >= 0.6 is 0 Å². The third-order valence-corrected chi connectivity index (χ3v) is 6.31. The van der Waals surface area contributed by atoms with Crippen LogP contribution in [0.3, 0.4) is 0 Å². The third-order valence-electron chi connectivity index (χ3n) is 6.31. The smallest absolute Gasteiger partial charge is 0.196 e. The van der Waals surface area contributed by atoms with Crippen molar-refractivity contribution >= 4 is 22.2 Å². The maximum Gasteiger partial charge on any atom is 0.196 e. The molecular formula is C30H26FN3O2. The number of rotatable bonds is 5. The van der Waals surface area contributed by atoms with Gasteiger partial charge in [-0.05, 0) is 68.8 Å². The Kier molecular flexibility index (Phi) is 6.02. The molecule has 0 fully saturated rings. The van der Waals surface area contributed by atoms with Crippen LogP contribution in [0.4, 0.5) is 10.1 Å². The first kappa shape index (κ1) is 23.3. The molecule has 0 spiro atoms. The molecule has 5 nitrogen and oxygen atoms in total. The van der Waals surface area contributed by atoms with Gasteiger partial charge in [0.15, 0.2) is 5.43 Å². The molecule has 3 heterocycles. The summed E-state index contributed by atoms with van der Waals surface area (Å²) in [7, 11) is 0. The van der Waals surface area contributed by atoms with E-state index in [-0.39, 0.29) is 17.3 Å². The number of nitrogens with one attached hydrogen (secondary N) is 2. The summed E-state index contributed by atoms with van der Waals surface area (Å²) >= 11 is 0. The van der Waals surface area contributed by atoms with Crippen LogP contribution in [0.2, 0.25) is 0 Å². The number of fused-ring (bicyclic) bond motifs is 1. The summed E-state index contributed by atoms with van der Waals surface area (Å²) in [5.41, 5.74) is 5.88. The van der Waals surface area contributed by atoms with E-state index in [0.29, 0.717) is 39.2 Å². The van der Waals surface area contributed by atoms with E-state index in [0.717, 1.165) is 22.4 Å². The van der Waals surface area contributed by atoms with Gasteiger partial charge in [0.1, 0.15) is 17.2 Å². The second-order valence-electron chi connectivity index (χ2n) is 8.96. The number of halogens is 1. The minimum absolute atomic E-state index is 0.0736. The lowest BCUT2D eigenvalue weighted by atomic mass is 9.98. The largest absolute Gasteiger partial charge is 0.455 e. The van der Waals surface area contributed by atoms with E-state index >= 15 is 0 Å². The van der Waals surface area contributed by atoms with E-state index in [1.165, 1.54) is 6.07 Å². The van der Waals surface area contributed by atoms with E-state index in [1.807, 2.05) is 44.2 Å². The first-order chi connectivity index (χ1) is 17.3. The van der Waals surface area contributed by atoms with Crippen LogP contribution in [-0.2, 0) is 0 Å². The quantitative estimate of drug-likeness (QED) is 0.330. The Hall–Kier alpha value is -4.45. The molecule has 2 aromatic carbocycles. The highest BCUT2D eigenvalue weighted by atomic mass is 19.1. The van der Waals surface area contributed by atoms with Gasteiger partial charge in [0.2, 0.25) is 0 Å². The Bertz CT molecular complexity index is 1630. The Labute approximate surface area is 208 Å². The molecule has 0 saturated carbocycles. The van der Waals surface area contributed by atoms with Crippen molar-refractivity contribution in [1.82, 2.24) is 10.3 Å². The van der Waals surface area contributed by atoms with Gasteiger partial charge in [0.05, 0.1) is 22.8 Å². The van der Waals surface area contributed by atoms with Crippen molar-refractivity contribution in [1.29, 1.82) is 0 Å². The van der Waals surface area contributed by atoms with E-state index in [9.17, 15) is 9.18 Å². The summed E-state index contributed by atoms with van der Waals surface area (Å²) in [5, 5.41) is 7.07. The van der Waals surface area contributed by atoms with E-state index in [2.05, 4.69) is 22.2 Å². The molecule has 36 heavy (non-hydrogen) atoms. The number of pyridine rings is 1. The van der Waals surface area contributed by atoms with Crippen molar-refractivity contribution in [2.45, 2.75) is 26.8 Å². The maximum atomic E-state index is 14.6. The second-order valence-corrected chi connectivity index (χ2v) is 8.96. The number of hydrogen-bond acceptors (Lipinski definition) is 5. The normalized spacial score (nSPS) is 13.9. The predicted octanol–water partition coefficient (Wildman–Crippen LogP) is 6.80. The average molecular weight is 480 g/mol. The first-order valence-corrected chi connectivity index (χ1v) is 11.7. The van der Waals surface area contributed by atoms with Gasteiger partial charge in [-0.15, -0.1) is 0 Å². The van der Waals surface area contributed by atoms with Gasteiger partial charge in [-0.25, -0.2) is 4.39 Å². The summed E-state index contributed by atoms with van der Waals surface area (Å²) in [5.74, 6) is 0.165. The fourth-order valence-corrected chi connectivity index (χ4v) is 4.46. The Morgan fingerprint density at radius 3 is 2.67 bits per heavy atom. The number of dihydropyridines is 1. The van der Waals surface area contributed by atoms with Gasteiger partial charge >= 0.3 is 0 Å². The number of nitrogens with zero attached hydrogens (tertiary/aromatic N) is 1. The lowest BCUT2D eigenvalue weighted by Crippen LogP contribution is -2.14. The molecule has 0 radical (unpaired) electrons. The molecular weight excluding hydrogens is 453 g/mol. The molecule has 5 rings (SSSR count). The number of benzene rings is 2. The molecule has 0 amide bonds. The van der Waals surface area contributed by atoms with Crippen molar-refractivity contribution in [2.24, 2.45) is 0 Å². The SMILES string of the molecule is C=C1C=CC(c2oc3c([C@@H](C)Nc4cccnc4-c4ccccc4F)cc(C)cc3c(=O)c2C)=CN1. The van der Waals surface area contributed by atoms with Crippen LogP contribution in [0.25, 0.3) is 27.8 Å². The van der Waals surface area contributed by atoms with Crippen molar-refractivity contribution in [2.75, 3.05) is 5.32 Å². The number of anilines is 1. The molecule has 0 saturated heterocycles. The van der Waals surface area contributed by atoms with Crippen molar-refractivity contribution in [3.05, 3.63) is 124 Å². The monoisotopic (exact) mass is 479 g/mol. The summed E-state index contributed by atoms with van der Waals surface area (Å²) in [6, 6.07) is 13.8. The molecule has 1 aliphatic heterocycles. The lowest BCUT2D eigenvalue weighted by Gasteiger charge is -2.21. The zero-order valence-electron chi connectivity index (χ0n) is 20.4. The first-order valence-electron chi connectivity index (χ1n) is 11.7. The summed E-state index contributed by atoms with van der Waals surface area (Å²) in [6.07, 6.45) is 7.14. The standard InChI is InChI=1S/C30H26FN3O2/c1-17-14-23(20(4)34-26-10-7-13-32-27(26)22-8-5-6-9-25(22)31)30-24(15-17)28(35)19(3)29(36-30)21-12-11-18(2)33-16-21/h5-16,20,33-34H,2H2,1,3-4H3/t20-/m1/s1. The van der Waals surface area contributed by atoms with Gasteiger partial charge < -0.3 is 15.1 Å². The zero-order valence-corrected chi connectivity index (χ0v) is 20.4. The van der Waals surface area contributed by atoms with Crippen LogP contribution < -0.4 is 16.1 Å².